The molecule has 0 radical (unpaired) electrons. The number of likely N-dealkylation sites (tertiary alicyclic amines) is 1. The van der Waals surface area contributed by atoms with Gasteiger partial charge < -0.3 is 40.2 Å². The second-order valence-electron chi connectivity index (χ2n) is 19.6. The number of carbonyl (C=O) groups excluding carboxylic acids is 4. The average Bonchev–Trinajstić information content (AvgIpc) is 4.08. The van der Waals surface area contributed by atoms with Crippen LogP contribution in [0.5, 0.6) is 5.75 Å². The molecule has 1 saturated heterocycles. The van der Waals surface area contributed by atoms with Crippen molar-refractivity contribution < 1.29 is 38.5 Å². The van der Waals surface area contributed by atoms with E-state index in [2.05, 4.69) is 59.8 Å². The van der Waals surface area contributed by atoms with Crippen LogP contribution in [0.4, 0.5) is 0 Å². The SMILES string of the molecule is CC1(C)C(NC(=O)c2cnn(CCOCCCCCOCC(=O)N[C@H](C(=O)N3C[C@H](O)C[C@H]3C(=O)NCc3ccc(-c4cncs4)cc3)C(C)(C)C)c2)C(C)(C)C1Oc1ccc(C#N)c(Cl)c1. The van der Waals surface area contributed by atoms with Crippen LogP contribution in [-0.4, -0.2) is 112 Å². The summed E-state index contributed by atoms with van der Waals surface area (Å²) >= 11 is 7.77. The molecule has 1 aliphatic carbocycles. The monoisotopic (exact) mass is 958 g/mol. The number of nitrogens with zero attached hydrogens (tertiary/aromatic N) is 5. The first kappa shape index (κ1) is 51.0. The molecule has 3 heterocycles. The van der Waals surface area contributed by atoms with E-state index in [0.29, 0.717) is 54.7 Å². The molecule has 4 amide bonds. The molecule has 4 N–H and O–H groups in total. The van der Waals surface area contributed by atoms with Crippen molar-refractivity contribution in [1.29, 1.82) is 5.26 Å². The molecular weight excluding hydrogens is 896 g/mol. The Morgan fingerprint density at radius 2 is 1.72 bits per heavy atom. The number of carbonyl (C=O) groups is 4. The number of aromatic nitrogens is 3. The van der Waals surface area contributed by atoms with Gasteiger partial charge in [-0.25, -0.2) is 0 Å². The van der Waals surface area contributed by atoms with E-state index in [1.807, 2.05) is 45.0 Å². The van der Waals surface area contributed by atoms with E-state index < -0.39 is 46.2 Å². The number of halogens is 1. The number of nitrogens with one attached hydrogen (secondary N) is 3. The van der Waals surface area contributed by atoms with E-state index in [4.69, 9.17) is 25.8 Å². The van der Waals surface area contributed by atoms with Crippen molar-refractivity contribution in [1.82, 2.24) is 35.6 Å². The Labute approximate surface area is 401 Å². The number of β-amino-alcohol motifs (C(OH)–C–C–N with tert-alkyl or cyclic N) is 1. The maximum absolute atomic E-state index is 13.9. The molecule has 2 aliphatic rings. The third-order valence-electron chi connectivity index (χ3n) is 12.5. The zero-order chi connectivity index (χ0) is 48.5. The minimum atomic E-state index is -0.948. The zero-order valence-corrected chi connectivity index (χ0v) is 40.9. The lowest BCUT2D eigenvalue weighted by Gasteiger charge is -2.63. The highest BCUT2D eigenvalue weighted by molar-refractivity contribution is 7.13. The Morgan fingerprint density at radius 3 is 2.37 bits per heavy atom. The lowest BCUT2D eigenvalue weighted by atomic mass is 9.49. The first-order chi connectivity index (χ1) is 31.8. The maximum Gasteiger partial charge on any atom is 0.254 e. The van der Waals surface area contributed by atoms with Gasteiger partial charge in [0.15, 0.2) is 0 Å². The Balaban J connectivity index is 0.846. The number of hydrogen-bond acceptors (Lipinski definition) is 12. The van der Waals surface area contributed by atoms with E-state index in [1.165, 1.54) is 4.90 Å². The first-order valence-electron chi connectivity index (χ1n) is 22.7. The standard InChI is InChI=1S/C49H63ClN8O8S/c1-47(2,3)41(44(63)58-28-35(59)21-38(58)43(62)53-24-31-11-13-32(14-12-31)39-26-52-30-67-39)55-40(60)29-65-19-10-8-9-18-64-20-17-57-27-34(25-54-57)42(61)56-45-48(4,5)46(49(45,6)7)66-36-16-15-33(23-51)37(50)22-36/h11-16,22,25-27,30,35,38,41,45-46,59H,8-10,17-21,24,28-29H2,1-7H3,(H,53,62)(H,55,60)(H,56,61)/t35-,38+,41-,45?,46?/m1/s1. The van der Waals surface area contributed by atoms with Crippen LogP contribution in [-0.2, 0) is 36.9 Å². The van der Waals surface area contributed by atoms with Gasteiger partial charge in [-0.2, -0.15) is 10.4 Å². The third kappa shape index (κ3) is 12.8. The Morgan fingerprint density at radius 1 is 1.00 bits per heavy atom. The molecule has 16 nitrogen and oxygen atoms in total. The number of aliphatic hydroxyl groups is 1. The highest BCUT2D eigenvalue weighted by Gasteiger charge is 2.64. The summed E-state index contributed by atoms with van der Waals surface area (Å²) in [4.78, 5) is 60.2. The fourth-order valence-corrected chi connectivity index (χ4v) is 10.0. The number of amides is 4. The van der Waals surface area contributed by atoms with Crippen LogP contribution in [0.25, 0.3) is 10.4 Å². The van der Waals surface area contributed by atoms with Gasteiger partial charge in [-0.3, -0.25) is 28.8 Å². The van der Waals surface area contributed by atoms with Gasteiger partial charge >= 0.3 is 0 Å². The first-order valence-corrected chi connectivity index (χ1v) is 23.9. The van der Waals surface area contributed by atoms with Crippen molar-refractivity contribution in [3.63, 3.8) is 0 Å². The highest BCUT2D eigenvalue weighted by atomic mass is 35.5. The molecule has 2 fully saturated rings. The Kier molecular flexibility index (Phi) is 16.9. The summed E-state index contributed by atoms with van der Waals surface area (Å²) in [6.45, 7) is 15.5. The minimum Gasteiger partial charge on any atom is -0.489 e. The lowest BCUT2D eigenvalue weighted by molar-refractivity contribution is -0.164. The van der Waals surface area contributed by atoms with Crippen LogP contribution < -0.4 is 20.7 Å². The Hall–Kier alpha value is -5.38. The van der Waals surface area contributed by atoms with E-state index in [0.717, 1.165) is 28.8 Å². The van der Waals surface area contributed by atoms with Crippen molar-refractivity contribution in [3.05, 3.63) is 88.3 Å². The van der Waals surface area contributed by atoms with Gasteiger partial charge in [0.05, 0.1) is 52.0 Å². The number of benzene rings is 2. The topological polar surface area (TPSA) is 210 Å². The van der Waals surface area contributed by atoms with Crippen LogP contribution in [0.15, 0.2) is 66.6 Å². The van der Waals surface area contributed by atoms with E-state index in [-0.39, 0.29) is 50.1 Å². The second kappa shape index (κ2) is 22.2. The molecular formula is C49H63ClN8O8S. The summed E-state index contributed by atoms with van der Waals surface area (Å²) in [5.41, 5.74) is 3.05. The molecule has 1 aliphatic heterocycles. The number of hydrogen-bond donors (Lipinski definition) is 4. The zero-order valence-electron chi connectivity index (χ0n) is 39.3. The molecule has 360 valence electrons. The summed E-state index contributed by atoms with van der Waals surface area (Å²) in [7, 11) is 0. The predicted molar refractivity (Wildman–Crippen MR) is 254 cm³/mol. The molecule has 2 aromatic carbocycles. The number of nitriles is 1. The summed E-state index contributed by atoms with van der Waals surface area (Å²) in [6.07, 6.45) is 6.38. The Bertz CT molecular complexity index is 2360. The van der Waals surface area contributed by atoms with Crippen LogP contribution in [0, 0.1) is 27.6 Å². The largest absolute Gasteiger partial charge is 0.489 e. The fraction of sp³-hybridized carbons (Fsp3) is 0.531. The predicted octanol–water partition coefficient (Wildman–Crippen LogP) is 6.16. The van der Waals surface area contributed by atoms with Gasteiger partial charge in [0, 0.05) is 68.1 Å². The normalized spacial score (nSPS) is 20.0. The fourth-order valence-electron chi connectivity index (χ4n) is 9.20. The number of ether oxygens (including phenoxy) is 3. The van der Waals surface area contributed by atoms with Crippen LogP contribution in [0.1, 0.15) is 95.6 Å². The van der Waals surface area contributed by atoms with Gasteiger partial charge in [0.1, 0.15) is 36.6 Å². The molecule has 67 heavy (non-hydrogen) atoms. The number of aliphatic hydroxyl groups excluding tert-OH is 1. The van der Waals surface area contributed by atoms with Crippen molar-refractivity contribution in [2.45, 2.75) is 118 Å². The molecule has 2 aromatic heterocycles. The molecule has 1 saturated carbocycles. The second-order valence-corrected chi connectivity index (χ2v) is 20.9. The highest BCUT2D eigenvalue weighted by Crippen LogP contribution is 2.55. The molecule has 0 bridgehead atoms. The molecule has 0 spiro atoms. The van der Waals surface area contributed by atoms with Crippen LogP contribution in [0.3, 0.4) is 0 Å². The van der Waals surface area contributed by atoms with Crippen molar-refractivity contribution in [2.75, 3.05) is 33.0 Å². The molecule has 18 heteroatoms. The van der Waals surface area contributed by atoms with Crippen LogP contribution in [0.2, 0.25) is 5.02 Å². The van der Waals surface area contributed by atoms with E-state index in [9.17, 15) is 29.5 Å². The summed E-state index contributed by atoms with van der Waals surface area (Å²) in [5.74, 6) is -0.899. The smallest absolute Gasteiger partial charge is 0.254 e. The van der Waals surface area contributed by atoms with Crippen molar-refractivity contribution in [3.8, 4) is 22.3 Å². The van der Waals surface area contributed by atoms with Gasteiger partial charge in [0.2, 0.25) is 17.7 Å². The lowest BCUT2D eigenvalue weighted by Crippen LogP contribution is -2.74. The quantitative estimate of drug-likeness (QED) is 0.0696. The number of unbranched alkanes of at least 4 members (excludes halogenated alkanes) is 2. The van der Waals surface area contributed by atoms with Gasteiger partial charge in [0.25, 0.3) is 5.91 Å². The summed E-state index contributed by atoms with van der Waals surface area (Å²) < 4.78 is 19.5. The van der Waals surface area contributed by atoms with Crippen molar-refractivity contribution in [2.24, 2.45) is 16.2 Å². The molecule has 4 aromatic rings. The van der Waals surface area contributed by atoms with E-state index in [1.54, 1.807) is 58.3 Å². The van der Waals surface area contributed by atoms with Gasteiger partial charge in [-0.1, -0.05) is 84.3 Å². The molecule has 3 atom stereocenters. The summed E-state index contributed by atoms with van der Waals surface area (Å²) in [5, 5.41) is 33.3. The average molecular weight is 960 g/mol. The molecule has 6 rings (SSSR count). The van der Waals surface area contributed by atoms with Gasteiger partial charge in [-0.15, -0.1) is 11.3 Å². The van der Waals surface area contributed by atoms with Crippen molar-refractivity contribution >= 4 is 46.6 Å². The third-order valence-corrected chi connectivity index (χ3v) is 13.7. The minimum absolute atomic E-state index is 0.0107. The maximum atomic E-state index is 13.9. The van der Waals surface area contributed by atoms with E-state index >= 15 is 0 Å². The number of thiazole rings is 1. The molecule has 0 unspecified atom stereocenters. The number of rotatable bonds is 21. The van der Waals surface area contributed by atoms with Gasteiger partial charge in [-0.05, 0) is 47.9 Å². The van der Waals surface area contributed by atoms with Crippen LogP contribution >= 0.6 is 22.9 Å². The summed E-state index contributed by atoms with van der Waals surface area (Å²) in [6, 6.07) is 12.9.